The molecule has 1 saturated heterocycles. The summed E-state index contributed by atoms with van der Waals surface area (Å²) in [5.41, 5.74) is 1.08. The summed E-state index contributed by atoms with van der Waals surface area (Å²) in [5.74, 6) is 1.45. The van der Waals surface area contributed by atoms with Gasteiger partial charge in [-0.15, -0.1) is 0 Å². The van der Waals surface area contributed by atoms with Gasteiger partial charge in [-0.25, -0.2) is 13.4 Å². The molecule has 26 heavy (non-hydrogen) atoms. The molecule has 140 valence electrons. The maximum Gasteiger partial charge on any atom is 0.244 e. The summed E-state index contributed by atoms with van der Waals surface area (Å²) in [6, 6.07) is 11.0. The number of pyridine rings is 1. The van der Waals surface area contributed by atoms with Crippen molar-refractivity contribution >= 4 is 15.8 Å². The van der Waals surface area contributed by atoms with E-state index in [1.54, 1.807) is 19.2 Å². The molecule has 0 saturated carbocycles. The van der Waals surface area contributed by atoms with E-state index in [2.05, 4.69) is 15.2 Å². The van der Waals surface area contributed by atoms with E-state index in [4.69, 9.17) is 4.74 Å². The smallest absolute Gasteiger partial charge is 0.244 e. The van der Waals surface area contributed by atoms with Crippen LogP contribution in [0.2, 0.25) is 0 Å². The number of aromatic nitrogens is 1. The SMILES string of the molecule is COc1ccc(CNc2ccc(S(=O)(=O)N3CCN(C)CC3)cn2)cc1. The first-order valence-electron chi connectivity index (χ1n) is 8.50. The number of methoxy groups -OCH3 is 1. The van der Waals surface area contributed by atoms with Crippen LogP contribution in [0.1, 0.15) is 5.56 Å². The van der Waals surface area contributed by atoms with E-state index < -0.39 is 10.0 Å². The summed E-state index contributed by atoms with van der Waals surface area (Å²) < 4.78 is 32.0. The lowest BCUT2D eigenvalue weighted by atomic mass is 10.2. The minimum Gasteiger partial charge on any atom is -0.497 e. The zero-order chi connectivity index (χ0) is 18.6. The second-order valence-corrected chi connectivity index (χ2v) is 8.23. The minimum absolute atomic E-state index is 0.233. The highest BCUT2D eigenvalue weighted by Crippen LogP contribution is 2.18. The Balaban J connectivity index is 1.62. The van der Waals surface area contributed by atoms with E-state index in [9.17, 15) is 8.42 Å². The fourth-order valence-corrected chi connectivity index (χ4v) is 4.12. The number of piperazine rings is 1. The van der Waals surface area contributed by atoms with Crippen LogP contribution in [0.3, 0.4) is 0 Å². The molecule has 1 aromatic heterocycles. The Morgan fingerprint density at radius 1 is 1.08 bits per heavy atom. The zero-order valence-electron chi connectivity index (χ0n) is 15.1. The molecule has 3 rings (SSSR count). The highest BCUT2D eigenvalue weighted by Gasteiger charge is 2.27. The number of sulfonamides is 1. The third kappa shape index (κ3) is 4.32. The number of benzene rings is 1. The van der Waals surface area contributed by atoms with Gasteiger partial charge in [0.15, 0.2) is 0 Å². The lowest BCUT2D eigenvalue weighted by Gasteiger charge is -2.31. The van der Waals surface area contributed by atoms with Gasteiger partial charge in [-0.1, -0.05) is 12.1 Å². The topological polar surface area (TPSA) is 74.8 Å². The van der Waals surface area contributed by atoms with Crippen molar-refractivity contribution in [1.29, 1.82) is 0 Å². The fraction of sp³-hybridized carbons (Fsp3) is 0.389. The molecule has 0 bridgehead atoms. The van der Waals surface area contributed by atoms with Gasteiger partial charge >= 0.3 is 0 Å². The van der Waals surface area contributed by atoms with E-state index in [1.807, 2.05) is 31.3 Å². The van der Waals surface area contributed by atoms with Gasteiger partial charge in [-0.2, -0.15) is 4.31 Å². The molecule has 0 amide bonds. The Hall–Kier alpha value is -2.16. The third-order valence-electron chi connectivity index (χ3n) is 4.47. The van der Waals surface area contributed by atoms with Crippen molar-refractivity contribution in [3.63, 3.8) is 0 Å². The number of nitrogens with one attached hydrogen (secondary N) is 1. The molecule has 7 nitrogen and oxygen atoms in total. The first-order chi connectivity index (χ1) is 12.5. The van der Waals surface area contributed by atoms with Gasteiger partial charge in [0.2, 0.25) is 10.0 Å². The molecule has 1 aliphatic heterocycles. The molecule has 1 aliphatic rings. The number of rotatable bonds is 6. The molecule has 0 atom stereocenters. The molecule has 1 N–H and O–H groups in total. The molecule has 0 aliphatic carbocycles. The molecule has 0 unspecified atom stereocenters. The van der Waals surface area contributed by atoms with Crippen LogP contribution in [0.5, 0.6) is 5.75 Å². The molecule has 8 heteroatoms. The molecular formula is C18H24N4O3S. The highest BCUT2D eigenvalue weighted by atomic mass is 32.2. The predicted octanol–water partition coefficient (Wildman–Crippen LogP) is 1.64. The summed E-state index contributed by atoms with van der Waals surface area (Å²) in [7, 11) is 0.154. The van der Waals surface area contributed by atoms with E-state index in [1.165, 1.54) is 10.5 Å². The van der Waals surface area contributed by atoms with Gasteiger partial charge in [0, 0.05) is 38.9 Å². The summed E-state index contributed by atoms with van der Waals surface area (Å²) in [6.07, 6.45) is 1.42. The Morgan fingerprint density at radius 2 is 1.77 bits per heavy atom. The summed E-state index contributed by atoms with van der Waals surface area (Å²) >= 11 is 0. The van der Waals surface area contributed by atoms with Gasteiger partial charge < -0.3 is 15.0 Å². The van der Waals surface area contributed by atoms with Crippen molar-refractivity contribution in [2.75, 3.05) is 45.7 Å². The minimum atomic E-state index is -3.47. The van der Waals surface area contributed by atoms with Crippen LogP contribution < -0.4 is 10.1 Å². The number of anilines is 1. The predicted molar refractivity (Wildman–Crippen MR) is 101 cm³/mol. The summed E-state index contributed by atoms with van der Waals surface area (Å²) in [4.78, 5) is 6.61. The largest absolute Gasteiger partial charge is 0.497 e. The van der Waals surface area contributed by atoms with Crippen molar-refractivity contribution in [3.05, 3.63) is 48.2 Å². The lowest BCUT2D eigenvalue weighted by molar-refractivity contribution is 0.222. The Labute approximate surface area is 154 Å². The number of hydrogen-bond donors (Lipinski definition) is 1. The van der Waals surface area contributed by atoms with Crippen molar-refractivity contribution in [2.45, 2.75) is 11.4 Å². The number of hydrogen-bond acceptors (Lipinski definition) is 6. The molecule has 1 fully saturated rings. The maximum atomic E-state index is 12.7. The van der Waals surface area contributed by atoms with Gasteiger partial charge in [-0.05, 0) is 36.9 Å². The van der Waals surface area contributed by atoms with E-state index in [0.29, 0.717) is 25.5 Å². The quantitative estimate of drug-likeness (QED) is 0.826. The van der Waals surface area contributed by atoms with Crippen LogP contribution >= 0.6 is 0 Å². The normalized spacial score (nSPS) is 16.4. The second-order valence-electron chi connectivity index (χ2n) is 6.29. The van der Waals surface area contributed by atoms with Crippen molar-refractivity contribution in [1.82, 2.24) is 14.2 Å². The Morgan fingerprint density at radius 3 is 2.35 bits per heavy atom. The van der Waals surface area contributed by atoms with Crippen LogP contribution in [0.15, 0.2) is 47.5 Å². The van der Waals surface area contributed by atoms with E-state index in [-0.39, 0.29) is 4.90 Å². The lowest BCUT2D eigenvalue weighted by Crippen LogP contribution is -2.47. The molecule has 2 aromatic rings. The first kappa shape index (κ1) is 18.6. The maximum absolute atomic E-state index is 12.7. The monoisotopic (exact) mass is 376 g/mol. The third-order valence-corrected chi connectivity index (χ3v) is 6.35. The Bertz CT molecular complexity index is 815. The van der Waals surface area contributed by atoms with Crippen LogP contribution in [0.4, 0.5) is 5.82 Å². The molecule has 2 heterocycles. The molecular weight excluding hydrogens is 352 g/mol. The van der Waals surface area contributed by atoms with Gasteiger partial charge in [0.1, 0.15) is 16.5 Å². The standard InChI is InChI=1S/C18H24N4O3S/c1-21-9-11-22(12-10-21)26(23,24)17-7-8-18(20-14-17)19-13-15-3-5-16(25-2)6-4-15/h3-8,14H,9-13H2,1-2H3,(H,19,20). The zero-order valence-corrected chi connectivity index (χ0v) is 15.9. The average Bonchev–Trinajstić information content (AvgIpc) is 2.67. The Kier molecular flexibility index (Phi) is 5.75. The first-order valence-corrected chi connectivity index (χ1v) is 9.94. The molecule has 1 aromatic carbocycles. The summed E-state index contributed by atoms with van der Waals surface area (Å²) in [6.45, 7) is 3.11. The van der Waals surface area contributed by atoms with Gasteiger partial charge in [0.25, 0.3) is 0 Å². The van der Waals surface area contributed by atoms with Crippen molar-refractivity contribution in [2.24, 2.45) is 0 Å². The molecule has 0 spiro atoms. The van der Waals surface area contributed by atoms with Crippen LogP contribution in [-0.2, 0) is 16.6 Å². The number of likely N-dealkylation sites (N-methyl/N-ethyl adjacent to an activating group) is 1. The number of ether oxygens (including phenoxy) is 1. The van der Waals surface area contributed by atoms with E-state index >= 15 is 0 Å². The number of nitrogens with zero attached hydrogens (tertiary/aromatic N) is 3. The second kappa shape index (κ2) is 8.03. The van der Waals surface area contributed by atoms with Gasteiger partial charge in [-0.3, -0.25) is 0 Å². The van der Waals surface area contributed by atoms with Crippen LogP contribution in [0.25, 0.3) is 0 Å². The van der Waals surface area contributed by atoms with Crippen LogP contribution in [-0.4, -0.2) is 62.9 Å². The van der Waals surface area contributed by atoms with Gasteiger partial charge in [0.05, 0.1) is 7.11 Å². The molecule has 0 radical (unpaired) electrons. The van der Waals surface area contributed by atoms with Crippen molar-refractivity contribution in [3.8, 4) is 5.75 Å². The fourth-order valence-electron chi connectivity index (χ4n) is 2.75. The van der Waals surface area contributed by atoms with Crippen molar-refractivity contribution < 1.29 is 13.2 Å². The highest BCUT2D eigenvalue weighted by molar-refractivity contribution is 7.89. The average molecular weight is 376 g/mol. The summed E-state index contributed by atoms with van der Waals surface area (Å²) in [5, 5.41) is 3.20. The van der Waals surface area contributed by atoms with Crippen LogP contribution in [0, 0.1) is 0 Å². The van der Waals surface area contributed by atoms with E-state index in [0.717, 1.165) is 24.4 Å².